The highest BCUT2D eigenvalue weighted by molar-refractivity contribution is 8.15. The Morgan fingerprint density at radius 3 is 2.86 bits per heavy atom. The molecular weight excluding hydrogens is 374 g/mol. The van der Waals surface area contributed by atoms with Gasteiger partial charge in [0.15, 0.2) is 0 Å². The van der Waals surface area contributed by atoms with Crippen LogP contribution in [0.5, 0.6) is 0 Å². The second kappa shape index (κ2) is 8.26. The maximum atomic E-state index is 12.3. The van der Waals surface area contributed by atoms with E-state index in [4.69, 9.17) is 0 Å². The number of nitrogens with zero attached hydrogens (tertiary/aromatic N) is 4. The second-order valence-corrected chi connectivity index (χ2v) is 8.52. The van der Waals surface area contributed by atoms with Gasteiger partial charge in [0.1, 0.15) is 16.9 Å². The number of hydrogen-bond donors (Lipinski definition) is 1. The fourth-order valence-corrected chi connectivity index (χ4v) is 4.55. The summed E-state index contributed by atoms with van der Waals surface area (Å²) in [5.74, 6) is 1.47. The summed E-state index contributed by atoms with van der Waals surface area (Å²) in [5, 5.41) is 11.7. The summed E-state index contributed by atoms with van der Waals surface area (Å²) in [6.07, 6.45) is 5.03. The zero-order chi connectivity index (χ0) is 19.5. The summed E-state index contributed by atoms with van der Waals surface area (Å²) in [6.45, 7) is 2.92. The predicted molar refractivity (Wildman–Crippen MR) is 110 cm³/mol. The number of amides is 2. The first-order valence-corrected chi connectivity index (χ1v) is 10.5. The van der Waals surface area contributed by atoms with Crippen molar-refractivity contribution in [2.24, 2.45) is 4.99 Å². The average molecular weight is 398 g/mol. The Morgan fingerprint density at radius 1 is 1.21 bits per heavy atom. The number of nitrogens with one attached hydrogen (secondary N) is 1. The topological polar surface area (TPSA) is 89.2 Å². The molecule has 2 aliphatic heterocycles. The van der Waals surface area contributed by atoms with E-state index in [-0.39, 0.29) is 18.2 Å². The molecule has 2 amide bonds. The molecule has 2 aliphatic rings. The summed E-state index contributed by atoms with van der Waals surface area (Å²) < 4.78 is 2.16. The van der Waals surface area contributed by atoms with Gasteiger partial charge >= 0.3 is 0 Å². The molecule has 1 aromatic heterocycles. The number of carbonyl (C=O) groups excluding carboxylic acids is 2. The number of hydrogen-bond acceptors (Lipinski definition) is 5. The maximum Gasteiger partial charge on any atom is 0.260 e. The molecule has 28 heavy (non-hydrogen) atoms. The van der Waals surface area contributed by atoms with Gasteiger partial charge in [0.2, 0.25) is 5.91 Å². The summed E-state index contributed by atoms with van der Waals surface area (Å²) in [4.78, 5) is 28.7. The maximum absolute atomic E-state index is 12.3. The molecule has 1 N–H and O–H groups in total. The molecule has 1 atom stereocenters. The minimum absolute atomic E-state index is 0.113. The number of rotatable bonds is 5. The largest absolute Gasteiger partial charge is 0.326 e. The van der Waals surface area contributed by atoms with E-state index in [0.717, 1.165) is 53.8 Å². The summed E-state index contributed by atoms with van der Waals surface area (Å²) in [7, 11) is 0. The molecule has 8 heteroatoms. The zero-order valence-corrected chi connectivity index (χ0v) is 16.7. The fraction of sp³-hybridized carbons (Fsp3) is 0.450. The first-order valence-electron chi connectivity index (χ1n) is 9.64. The lowest BCUT2D eigenvalue weighted by Gasteiger charge is -2.09. The summed E-state index contributed by atoms with van der Waals surface area (Å²) in [5.41, 5.74) is 1.86. The molecule has 1 aromatic carbocycles. The zero-order valence-electron chi connectivity index (χ0n) is 15.9. The molecule has 0 bridgehead atoms. The summed E-state index contributed by atoms with van der Waals surface area (Å²) >= 11 is 1.37. The smallest absolute Gasteiger partial charge is 0.260 e. The van der Waals surface area contributed by atoms with Crippen LogP contribution in [0.3, 0.4) is 0 Å². The van der Waals surface area contributed by atoms with Crippen LogP contribution in [0.25, 0.3) is 0 Å². The highest BCUT2D eigenvalue weighted by Crippen LogP contribution is 2.28. The average Bonchev–Trinajstić information content (AvgIpc) is 3.10. The van der Waals surface area contributed by atoms with Crippen molar-refractivity contribution in [3.8, 4) is 0 Å². The Labute approximate surface area is 168 Å². The van der Waals surface area contributed by atoms with Crippen LogP contribution in [0.1, 0.15) is 42.9 Å². The van der Waals surface area contributed by atoms with Crippen LogP contribution in [-0.2, 0) is 29.0 Å². The molecule has 0 saturated carbocycles. The van der Waals surface area contributed by atoms with Crippen molar-refractivity contribution in [1.29, 1.82) is 0 Å². The number of thioether (sulfide) groups is 1. The number of carbonyl (C=O) groups is 2. The Balaban J connectivity index is 1.35. The second-order valence-electron chi connectivity index (χ2n) is 7.24. The Kier molecular flexibility index (Phi) is 5.57. The third-order valence-corrected chi connectivity index (χ3v) is 6.15. The van der Waals surface area contributed by atoms with E-state index in [1.54, 1.807) is 0 Å². The molecule has 2 aromatic rings. The fourth-order valence-electron chi connectivity index (χ4n) is 3.47. The number of anilines is 1. The van der Waals surface area contributed by atoms with Crippen LogP contribution < -0.4 is 5.32 Å². The third kappa shape index (κ3) is 4.32. The van der Waals surface area contributed by atoms with Gasteiger partial charge in [0.25, 0.3) is 5.91 Å². The quantitative estimate of drug-likeness (QED) is 0.838. The number of benzene rings is 1. The van der Waals surface area contributed by atoms with E-state index in [1.807, 2.05) is 31.2 Å². The highest BCUT2D eigenvalue weighted by Gasteiger charge is 2.31. The van der Waals surface area contributed by atoms with Crippen LogP contribution in [0.2, 0.25) is 0 Å². The predicted octanol–water partition coefficient (Wildman–Crippen LogP) is 2.92. The minimum Gasteiger partial charge on any atom is -0.326 e. The number of aliphatic imine (C=N–C) groups is 1. The van der Waals surface area contributed by atoms with Crippen LogP contribution in [0.4, 0.5) is 5.69 Å². The molecule has 0 radical (unpaired) electrons. The van der Waals surface area contributed by atoms with E-state index in [2.05, 4.69) is 25.1 Å². The van der Waals surface area contributed by atoms with Crippen LogP contribution in [0, 0.1) is 6.92 Å². The molecular formula is C20H23N5O2S. The summed E-state index contributed by atoms with van der Waals surface area (Å²) in [6, 6.07) is 7.59. The van der Waals surface area contributed by atoms with Gasteiger partial charge in [0.05, 0.1) is 11.5 Å². The lowest BCUT2D eigenvalue weighted by atomic mass is 10.2. The van der Waals surface area contributed by atoms with Crippen LogP contribution >= 0.6 is 11.8 Å². The number of aromatic nitrogens is 3. The molecule has 3 heterocycles. The van der Waals surface area contributed by atoms with Gasteiger partial charge in [-0.15, -0.1) is 10.2 Å². The highest BCUT2D eigenvalue weighted by atomic mass is 32.2. The van der Waals surface area contributed by atoms with Gasteiger partial charge in [-0.2, -0.15) is 0 Å². The Hall–Kier alpha value is -2.48. The Morgan fingerprint density at radius 2 is 2.04 bits per heavy atom. The van der Waals surface area contributed by atoms with Gasteiger partial charge in [-0.25, -0.2) is 4.99 Å². The van der Waals surface area contributed by atoms with Crippen LogP contribution in [-0.4, -0.2) is 36.9 Å². The van der Waals surface area contributed by atoms with E-state index >= 15 is 0 Å². The molecule has 146 valence electrons. The van der Waals surface area contributed by atoms with Gasteiger partial charge < -0.3 is 9.88 Å². The van der Waals surface area contributed by atoms with Gasteiger partial charge in [-0.3, -0.25) is 9.59 Å². The molecule has 0 saturated heterocycles. The standard InChI is InChI=1S/C20H23N5O2S/c1-13-6-8-14(9-7-13)21-18(26)11-15-20(27)22-19(28-15)12-17-24-23-16-5-3-2-4-10-25(16)17/h6-9,15H,2-5,10-12H2,1H3,(H,21,26)/t15-/m0/s1. The SMILES string of the molecule is Cc1ccc(NC(=O)C[C@@H]2SC(Cc3nnc4n3CCCCC4)=NC2=O)cc1. The number of aryl methyl sites for hydroxylation is 2. The molecule has 0 aliphatic carbocycles. The Bertz CT molecular complexity index is 919. The normalized spacial score (nSPS) is 19.1. The van der Waals surface area contributed by atoms with Crippen molar-refractivity contribution in [1.82, 2.24) is 14.8 Å². The molecule has 0 spiro atoms. The van der Waals surface area contributed by atoms with E-state index in [1.165, 1.54) is 18.2 Å². The molecule has 0 fully saturated rings. The van der Waals surface area contributed by atoms with Crippen molar-refractivity contribution in [2.75, 3.05) is 5.32 Å². The van der Waals surface area contributed by atoms with Crippen molar-refractivity contribution in [3.63, 3.8) is 0 Å². The van der Waals surface area contributed by atoms with Gasteiger partial charge in [-0.05, 0) is 31.9 Å². The monoisotopic (exact) mass is 397 g/mol. The van der Waals surface area contributed by atoms with Crippen molar-refractivity contribution >= 4 is 34.3 Å². The number of fused-ring (bicyclic) bond motifs is 1. The van der Waals surface area contributed by atoms with E-state index < -0.39 is 5.25 Å². The van der Waals surface area contributed by atoms with Crippen molar-refractivity contribution < 1.29 is 9.59 Å². The first kappa shape index (κ1) is 18.9. The first-order chi connectivity index (χ1) is 13.6. The minimum atomic E-state index is -0.466. The third-order valence-electron chi connectivity index (χ3n) is 4.99. The van der Waals surface area contributed by atoms with Crippen molar-refractivity contribution in [2.45, 2.75) is 57.2 Å². The van der Waals surface area contributed by atoms with Gasteiger partial charge in [-0.1, -0.05) is 35.9 Å². The molecule has 0 unspecified atom stereocenters. The lowest BCUT2D eigenvalue weighted by Crippen LogP contribution is -2.21. The van der Waals surface area contributed by atoms with Crippen molar-refractivity contribution in [3.05, 3.63) is 41.5 Å². The van der Waals surface area contributed by atoms with E-state index in [9.17, 15) is 9.59 Å². The van der Waals surface area contributed by atoms with Crippen LogP contribution in [0.15, 0.2) is 29.3 Å². The molecule has 4 rings (SSSR count). The van der Waals surface area contributed by atoms with Gasteiger partial charge in [0, 0.05) is 25.1 Å². The molecule has 7 nitrogen and oxygen atoms in total. The van der Waals surface area contributed by atoms with E-state index in [0.29, 0.717) is 6.42 Å². The lowest BCUT2D eigenvalue weighted by molar-refractivity contribution is -0.121.